The lowest BCUT2D eigenvalue weighted by atomic mass is 10.2. The first-order chi connectivity index (χ1) is 11.3. The Morgan fingerprint density at radius 2 is 1.83 bits per heavy atom. The number of rotatable bonds is 4. The minimum absolute atomic E-state index is 0.271. The molecular formula is C15H13I2NO5S. The lowest BCUT2D eigenvalue weighted by Gasteiger charge is -2.18. The lowest BCUT2D eigenvalue weighted by molar-refractivity contribution is -0.148. The van der Waals surface area contributed by atoms with E-state index in [2.05, 4.69) is 49.9 Å². The molecule has 1 heterocycles. The van der Waals surface area contributed by atoms with E-state index in [4.69, 9.17) is 4.74 Å². The van der Waals surface area contributed by atoms with Crippen LogP contribution in [0.25, 0.3) is 6.08 Å². The Hall–Kier alpha value is -0.820. The summed E-state index contributed by atoms with van der Waals surface area (Å²) in [6.07, 6.45) is 1.64. The van der Waals surface area contributed by atoms with E-state index in [0.717, 1.165) is 35.1 Å². The Morgan fingerprint density at radius 3 is 2.33 bits per heavy atom. The number of hydrogen-bond acceptors (Lipinski definition) is 6. The highest BCUT2D eigenvalue weighted by atomic mass is 127. The maximum atomic E-state index is 12.5. The van der Waals surface area contributed by atoms with Crippen molar-refractivity contribution in [3.63, 3.8) is 0 Å². The molecule has 1 aromatic carbocycles. The Kier molecular flexibility index (Phi) is 6.53. The summed E-state index contributed by atoms with van der Waals surface area (Å²) in [5.41, 5.74) is 0.779. The van der Waals surface area contributed by atoms with E-state index in [1.165, 1.54) is 14.0 Å². The van der Waals surface area contributed by atoms with Gasteiger partial charge in [-0.2, -0.15) is 0 Å². The van der Waals surface area contributed by atoms with Gasteiger partial charge in [-0.1, -0.05) is 0 Å². The van der Waals surface area contributed by atoms with E-state index < -0.39 is 23.2 Å². The van der Waals surface area contributed by atoms with E-state index >= 15 is 0 Å². The van der Waals surface area contributed by atoms with Crippen molar-refractivity contribution in [2.75, 3.05) is 14.2 Å². The molecule has 0 aliphatic carbocycles. The molecule has 1 atom stereocenters. The van der Waals surface area contributed by atoms with Gasteiger partial charge in [0.15, 0.2) is 0 Å². The smallest absolute Gasteiger partial charge is 0.328 e. The molecule has 6 nitrogen and oxygen atoms in total. The maximum absolute atomic E-state index is 12.5. The van der Waals surface area contributed by atoms with Gasteiger partial charge in [-0.05, 0) is 87.6 Å². The zero-order valence-electron chi connectivity index (χ0n) is 13.0. The SMILES string of the molecule is COC(=O)[C@@H](C)N1C(=O)S/C(=C/c2cc(I)c(OC)c(I)c2)C1=O. The Bertz CT molecular complexity index is 726. The summed E-state index contributed by atoms with van der Waals surface area (Å²) in [5.74, 6) is -0.364. The summed E-state index contributed by atoms with van der Waals surface area (Å²) >= 11 is 5.10. The highest BCUT2D eigenvalue weighted by Crippen LogP contribution is 2.35. The van der Waals surface area contributed by atoms with Crippen molar-refractivity contribution in [2.24, 2.45) is 0 Å². The van der Waals surface area contributed by atoms with Crippen molar-refractivity contribution in [2.45, 2.75) is 13.0 Å². The molecule has 0 aromatic heterocycles. The van der Waals surface area contributed by atoms with Gasteiger partial charge in [0, 0.05) is 0 Å². The summed E-state index contributed by atoms with van der Waals surface area (Å²) in [6, 6.07) is 2.77. The summed E-state index contributed by atoms with van der Waals surface area (Å²) < 4.78 is 11.7. The lowest BCUT2D eigenvalue weighted by Crippen LogP contribution is -2.42. The highest BCUT2D eigenvalue weighted by molar-refractivity contribution is 14.1. The zero-order chi connectivity index (χ0) is 18.0. The summed E-state index contributed by atoms with van der Waals surface area (Å²) in [5, 5.41) is -0.484. The van der Waals surface area contributed by atoms with E-state index in [1.54, 1.807) is 13.2 Å². The van der Waals surface area contributed by atoms with Crippen LogP contribution < -0.4 is 4.74 Å². The number of imide groups is 1. The second-order valence-electron chi connectivity index (χ2n) is 4.77. The molecule has 1 aliphatic heterocycles. The van der Waals surface area contributed by atoms with Gasteiger partial charge in [0.25, 0.3) is 11.1 Å². The molecule has 1 saturated heterocycles. The molecule has 0 bridgehead atoms. The van der Waals surface area contributed by atoms with Gasteiger partial charge in [0.1, 0.15) is 11.8 Å². The van der Waals surface area contributed by atoms with Crippen molar-refractivity contribution in [3.8, 4) is 5.75 Å². The first kappa shape index (κ1) is 19.5. The van der Waals surface area contributed by atoms with Crippen molar-refractivity contribution < 1.29 is 23.9 Å². The monoisotopic (exact) mass is 573 g/mol. The first-order valence-electron chi connectivity index (χ1n) is 6.68. The van der Waals surface area contributed by atoms with Crippen molar-refractivity contribution >= 4 is 80.1 Å². The normalized spacial score (nSPS) is 17.4. The molecule has 0 saturated carbocycles. The number of thioether (sulfide) groups is 1. The topological polar surface area (TPSA) is 72.9 Å². The molecule has 2 rings (SSSR count). The van der Waals surface area contributed by atoms with E-state index in [-0.39, 0.29) is 4.91 Å². The standard InChI is InChI=1S/C15H13I2NO5S/c1-7(14(20)23-3)18-13(19)11(24-15(18)21)6-8-4-9(16)12(22-2)10(17)5-8/h4-7H,1-3H3/b11-6+/t7-/m1/s1. The molecule has 9 heteroatoms. The Labute approximate surface area is 170 Å². The van der Waals surface area contributed by atoms with Crippen LogP contribution in [-0.4, -0.2) is 42.3 Å². The van der Waals surface area contributed by atoms with Crippen LogP contribution in [0, 0.1) is 7.14 Å². The molecule has 0 spiro atoms. The third kappa shape index (κ3) is 3.87. The number of carbonyl (C=O) groups excluding carboxylic acids is 3. The van der Waals surface area contributed by atoms with Crippen LogP contribution in [0.5, 0.6) is 5.75 Å². The molecular weight excluding hydrogens is 560 g/mol. The predicted molar refractivity (Wildman–Crippen MR) is 108 cm³/mol. The maximum Gasteiger partial charge on any atom is 0.328 e. The molecule has 1 aromatic rings. The highest BCUT2D eigenvalue weighted by Gasteiger charge is 2.41. The zero-order valence-corrected chi connectivity index (χ0v) is 18.1. The van der Waals surface area contributed by atoms with Crippen LogP contribution in [0.15, 0.2) is 17.0 Å². The number of carbonyl (C=O) groups is 3. The largest absolute Gasteiger partial charge is 0.495 e. The van der Waals surface area contributed by atoms with Gasteiger partial charge < -0.3 is 9.47 Å². The third-order valence-electron chi connectivity index (χ3n) is 3.28. The van der Waals surface area contributed by atoms with Gasteiger partial charge in [-0.25, -0.2) is 4.79 Å². The fourth-order valence-corrected chi connectivity index (χ4v) is 5.26. The number of hydrogen-bond donors (Lipinski definition) is 0. The summed E-state index contributed by atoms with van der Waals surface area (Å²) in [6.45, 7) is 1.46. The van der Waals surface area contributed by atoms with Crippen LogP contribution >= 0.6 is 56.9 Å². The minimum atomic E-state index is -0.954. The van der Waals surface area contributed by atoms with Gasteiger partial charge in [0.2, 0.25) is 0 Å². The van der Waals surface area contributed by atoms with Gasteiger partial charge in [0.05, 0.1) is 26.3 Å². The Morgan fingerprint density at radius 1 is 1.25 bits per heavy atom. The average molecular weight is 573 g/mol. The van der Waals surface area contributed by atoms with Crippen LogP contribution in [0.4, 0.5) is 4.79 Å². The number of methoxy groups -OCH3 is 2. The number of nitrogens with zero attached hydrogens (tertiary/aromatic N) is 1. The van der Waals surface area contributed by atoms with Gasteiger partial charge in [-0.3, -0.25) is 14.5 Å². The van der Waals surface area contributed by atoms with Crippen LogP contribution in [0.1, 0.15) is 12.5 Å². The van der Waals surface area contributed by atoms with Gasteiger partial charge in [-0.15, -0.1) is 0 Å². The summed E-state index contributed by atoms with van der Waals surface area (Å²) in [7, 11) is 2.81. The van der Waals surface area contributed by atoms with Gasteiger partial charge >= 0.3 is 5.97 Å². The third-order valence-corrected chi connectivity index (χ3v) is 5.76. The molecule has 1 aliphatic rings. The number of ether oxygens (including phenoxy) is 2. The minimum Gasteiger partial charge on any atom is -0.495 e. The number of benzene rings is 1. The first-order valence-corrected chi connectivity index (χ1v) is 9.65. The number of esters is 1. The fourth-order valence-electron chi connectivity index (χ4n) is 2.10. The second kappa shape index (κ2) is 8.04. The van der Waals surface area contributed by atoms with E-state index in [1.807, 2.05) is 12.1 Å². The number of amides is 2. The van der Waals surface area contributed by atoms with Crippen LogP contribution in [0.2, 0.25) is 0 Å². The molecule has 128 valence electrons. The predicted octanol–water partition coefficient (Wildman–Crippen LogP) is 3.50. The van der Waals surface area contributed by atoms with Crippen molar-refractivity contribution in [1.82, 2.24) is 4.90 Å². The number of halogens is 2. The molecule has 0 radical (unpaired) electrons. The van der Waals surface area contributed by atoms with Crippen LogP contribution in [-0.2, 0) is 14.3 Å². The van der Waals surface area contributed by atoms with Crippen LogP contribution in [0.3, 0.4) is 0 Å². The molecule has 0 unspecified atom stereocenters. The molecule has 0 N–H and O–H groups in total. The van der Waals surface area contributed by atoms with Crippen molar-refractivity contribution in [1.29, 1.82) is 0 Å². The average Bonchev–Trinajstić information content (AvgIpc) is 2.79. The second-order valence-corrected chi connectivity index (χ2v) is 8.09. The molecule has 1 fully saturated rings. The molecule has 24 heavy (non-hydrogen) atoms. The summed E-state index contributed by atoms with van der Waals surface area (Å²) in [4.78, 5) is 37.3. The molecule has 2 amide bonds. The van der Waals surface area contributed by atoms with E-state index in [0.29, 0.717) is 0 Å². The Balaban J connectivity index is 2.34. The fraction of sp³-hybridized carbons (Fsp3) is 0.267. The van der Waals surface area contributed by atoms with E-state index in [9.17, 15) is 14.4 Å². The van der Waals surface area contributed by atoms with Crippen molar-refractivity contribution in [3.05, 3.63) is 29.7 Å². The quantitative estimate of drug-likeness (QED) is 0.312.